The molecule has 0 saturated carbocycles. The van der Waals surface area contributed by atoms with Gasteiger partial charge in [0.15, 0.2) is 6.61 Å². The largest absolute Gasteiger partial charge is 0.482 e. The summed E-state index contributed by atoms with van der Waals surface area (Å²) in [5, 5.41) is 3.34. The minimum atomic E-state index is -0.262. The van der Waals surface area contributed by atoms with Gasteiger partial charge in [0.05, 0.1) is 5.02 Å². The Morgan fingerprint density at radius 2 is 2.07 bits per heavy atom. The zero-order chi connectivity index (χ0) is 11.4. The molecule has 1 rings (SSSR count). The van der Waals surface area contributed by atoms with Gasteiger partial charge in [0.25, 0.3) is 5.91 Å². The molecule has 82 valence electrons. The standard InChI is InChI=1S/C9H8Cl3NO2/c1-13-8(14)4-15-7-3-5(10)2-6(11)9(7)12/h2-3H,4H2,1H3,(H,13,14). The Labute approximate surface area is 102 Å². The van der Waals surface area contributed by atoms with Crippen molar-refractivity contribution in [2.45, 2.75) is 0 Å². The van der Waals surface area contributed by atoms with Crippen molar-refractivity contribution in [2.75, 3.05) is 13.7 Å². The summed E-state index contributed by atoms with van der Waals surface area (Å²) in [7, 11) is 1.51. The van der Waals surface area contributed by atoms with Gasteiger partial charge in [0.2, 0.25) is 0 Å². The molecule has 1 N–H and O–H groups in total. The third kappa shape index (κ3) is 3.45. The lowest BCUT2D eigenvalue weighted by Crippen LogP contribution is -2.24. The second-order valence-corrected chi connectivity index (χ2v) is 3.88. The smallest absolute Gasteiger partial charge is 0.257 e. The summed E-state index contributed by atoms with van der Waals surface area (Å²) >= 11 is 17.4. The normalized spacial score (nSPS) is 9.87. The number of likely N-dealkylation sites (N-methyl/N-ethyl adjacent to an activating group) is 1. The summed E-state index contributed by atoms with van der Waals surface area (Å²) in [6.07, 6.45) is 0. The third-order valence-electron chi connectivity index (χ3n) is 1.60. The SMILES string of the molecule is CNC(=O)COc1cc(Cl)cc(Cl)c1Cl. The molecule has 0 aliphatic heterocycles. The van der Waals surface area contributed by atoms with E-state index in [4.69, 9.17) is 39.5 Å². The van der Waals surface area contributed by atoms with Crippen LogP contribution in [0.25, 0.3) is 0 Å². The predicted octanol–water partition coefficient (Wildman–Crippen LogP) is 2.77. The first-order valence-electron chi connectivity index (χ1n) is 4.02. The highest BCUT2D eigenvalue weighted by Crippen LogP contribution is 2.35. The second kappa shape index (κ2) is 5.45. The number of ether oxygens (including phenoxy) is 1. The van der Waals surface area contributed by atoms with Crippen LogP contribution in [0, 0.1) is 0 Å². The van der Waals surface area contributed by atoms with E-state index in [-0.39, 0.29) is 28.3 Å². The number of carbonyl (C=O) groups is 1. The zero-order valence-corrected chi connectivity index (χ0v) is 10.1. The van der Waals surface area contributed by atoms with Crippen molar-refractivity contribution in [3.05, 3.63) is 27.2 Å². The average Bonchev–Trinajstić information content (AvgIpc) is 2.20. The lowest BCUT2D eigenvalue weighted by atomic mass is 10.3. The van der Waals surface area contributed by atoms with Crippen LogP contribution in [0.2, 0.25) is 15.1 Å². The highest BCUT2D eigenvalue weighted by atomic mass is 35.5. The molecule has 3 nitrogen and oxygen atoms in total. The molecular weight excluding hydrogens is 260 g/mol. The second-order valence-electron chi connectivity index (χ2n) is 2.66. The number of rotatable bonds is 3. The van der Waals surface area contributed by atoms with Gasteiger partial charge in [-0.2, -0.15) is 0 Å². The van der Waals surface area contributed by atoms with E-state index >= 15 is 0 Å². The molecular formula is C9H8Cl3NO2. The van der Waals surface area contributed by atoms with Gasteiger partial charge in [-0.3, -0.25) is 4.79 Å². The number of halogens is 3. The molecule has 0 bridgehead atoms. The molecule has 0 radical (unpaired) electrons. The molecule has 1 aromatic rings. The molecule has 6 heteroatoms. The van der Waals surface area contributed by atoms with Gasteiger partial charge in [-0.05, 0) is 6.07 Å². The summed E-state index contributed by atoms with van der Waals surface area (Å²) < 4.78 is 5.14. The van der Waals surface area contributed by atoms with Gasteiger partial charge >= 0.3 is 0 Å². The molecule has 1 aromatic carbocycles. The van der Waals surface area contributed by atoms with Crippen LogP contribution < -0.4 is 10.1 Å². The van der Waals surface area contributed by atoms with Gasteiger partial charge in [-0.1, -0.05) is 34.8 Å². The summed E-state index contributed by atoms with van der Waals surface area (Å²) in [6, 6.07) is 3.00. The van der Waals surface area contributed by atoms with E-state index in [0.29, 0.717) is 5.02 Å². The topological polar surface area (TPSA) is 38.3 Å². The Kier molecular flexibility index (Phi) is 4.51. The average molecular weight is 269 g/mol. The maximum absolute atomic E-state index is 10.9. The first-order chi connectivity index (χ1) is 7.04. The monoisotopic (exact) mass is 267 g/mol. The molecule has 1 amide bonds. The molecule has 0 saturated heterocycles. The fourth-order valence-corrected chi connectivity index (χ4v) is 1.49. The van der Waals surface area contributed by atoms with E-state index in [1.165, 1.54) is 19.2 Å². The van der Waals surface area contributed by atoms with E-state index in [2.05, 4.69) is 5.32 Å². The van der Waals surface area contributed by atoms with Crippen molar-refractivity contribution in [1.29, 1.82) is 0 Å². The lowest BCUT2D eigenvalue weighted by Gasteiger charge is -2.08. The van der Waals surface area contributed by atoms with Crippen molar-refractivity contribution in [1.82, 2.24) is 5.32 Å². The molecule has 0 aliphatic rings. The molecule has 0 aromatic heterocycles. The first kappa shape index (κ1) is 12.4. The Morgan fingerprint density at radius 3 is 2.67 bits per heavy atom. The van der Waals surface area contributed by atoms with Crippen molar-refractivity contribution in [3.63, 3.8) is 0 Å². The molecule has 0 heterocycles. The minimum Gasteiger partial charge on any atom is -0.482 e. The summed E-state index contributed by atoms with van der Waals surface area (Å²) in [5.74, 6) is 0.0277. The van der Waals surface area contributed by atoms with Crippen LogP contribution >= 0.6 is 34.8 Å². The van der Waals surface area contributed by atoms with E-state index in [9.17, 15) is 4.79 Å². The lowest BCUT2D eigenvalue weighted by molar-refractivity contribution is -0.122. The fourth-order valence-electron chi connectivity index (χ4n) is 0.853. The Hall–Kier alpha value is -0.640. The molecule has 0 atom stereocenters. The number of nitrogens with one attached hydrogen (secondary N) is 1. The quantitative estimate of drug-likeness (QED) is 0.856. The summed E-state index contributed by atoms with van der Waals surface area (Å²) in [4.78, 5) is 10.9. The van der Waals surface area contributed by atoms with Crippen molar-refractivity contribution in [2.24, 2.45) is 0 Å². The van der Waals surface area contributed by atoms with Crippen LogP contribution in [-0.4, -0.2) is 19.6 Å². The number of carbonyl (C=O) groups excluding carboxylic acids is 1. The van der Waals surface area contributed by atoms with Crippen LogP contribution in [0.15, 0.2) is 12.1 Å². The molecule has 15 heavy (non-hydrogen) atoms. The minimum absolute atomic E-state index is 0.132. The van der Waals surface area contributed by atoms with E-state index in [1.54, 1.807) is 0 Å². The summed E-state index contributed by atoms with van der Waals surface area (Å²) in [6.45, 7) is -0.132. The molecule has 0 aliphatic carbocycles. The van der Waals surface area contributed by atoms with Crippen LogP contribution in [0.4, 0.5) is 0 Å². The van der Waals surface area contributed by atoms with E-state index < -0.39 is 0 Å². The third-order valence-corrected chi connectivity index (χ3v) is 2.60. The fraction of sp³-hybridized carbons (Fsp3) is 0.222. The highest BCUT2D eigenvalue weighted by molar-refractivity contribution is 6.44. The Bertz CT molecular complexity index is 382. The zero-order valence-electron chi connectivity index (χ0n) is 7.81. The van der Waals surface area contributed by atoms with Gasteiger partial charge in [0.1, 0.15) is 10.8 Å². The number of hydrogen-bond acceptors (Lipinski definition) is 2. The predicted molar refractivity (Wildman–Crippen MR) is 61.0 cm³/mol. The number of benzene rings is 1. The maximum atomic E-state index is 10.9. The van der Waals surface area contributed by atoms with Crippen LogP contribution in [0.1, 0.15) is 0 Å². The summed E-state index contributed by atoms with van der Waals surface area (Å²) in [5.41, 5.74) is 0. The van der Waals surface area contributed by atoms with E-state index in [1.807, 2.05) is 0 Å². The molecule has 0 spiro atoms. The van der Waals surface area contributed by atoms with E-state index in [0.717, 1.165) is 0 Å². The first-order valence-corrected chi connectivity index (χ1v) is 5.16. The Balaban J connectivity index is 2.81. The maximum Gasteiger partial charge on any atom is 0.257 e. The van der Waals surface area contributed by atoms with Crippen molar-refractivity contribution in [3.8, 4) is 5.75 Å². The van der Waals surface area contributed by atoms with Gasteiger partial charge in [-0.15, -0.1) is 0 Å². The van der Waals surface area contributed by atoms with Crippen LogP contribution in [0.3, 0.4) is 0 Å². The van der Waals surface area contributed by atoms with Gasteiger partial charge < -0.3 is 10.1 Å². The van der Waals surface area contributed by atoms with Crippen molar-refractivity contribution >= 4 is 40.7 Å². The van der Waals surface area contributed by atoms with Crippen LogP contribution in [-0.2, 0) is 4.79 Å². The molecule has 0 fully saturated rings. The number of amides is 1. The van der Waals surface area contributed by atoms with Gasteiger partial charge in [0, 0.05) is 18.1 Å². The van der Waals surface area contributed by atoms with Gasteiger partial charge in [-0.25, -0.2) is 0 Å². The molecule has 0 unspecified atom stereocenters. The van der Waals surface area contributed by atoms with Crippen molar-refractivity contribution < 1.29 is 9.53 Å². The highest BCUT2D eigenvalue weighted by Gasteiger charge is 2.09. The number of hydrogen-bond donors (Lipinski definition) is 1. The Morgan fingerprint density at radius 1 is 1.40 bits per heavy atom. The van der Waals surface area contributed by atoms with Crippen LogP contribution in [0.5, 0.6) is 5.75 Å².